The molecule has 0 spiro atoms. The van der Waals surface area contributed by atoms with E-state index in [9.17, 15) is 0 Å². The molecule has 8 bridgehead atoms. The summed E-state index contributed by atoms with van der Waals surface area (Å²) < 4.78 is 2.59. The number of aryl methyl sites for hydroxylation is 7. The summed E-state index contributed by atoms with van der Waals surface area (Å²) in [5.74, 6) is 0. The van der Waals surface area contributed by atoms with Gasteiger partial charge in [-0.25, -0.2) is 4.98 Å². The third-order valence-corrected chi connectivity index (χ3v) is 8.78. The van der Waals surface area contributed by atoms with Gasteiger partial charge in [0.05, 0.1) is 16.9 Å². The molecule has 0 aromatic carbocycles. The quantitative estimate of drug-likeness (QED) is 0.164. The van der Waals surface area contributed by atoms with Crippen molar-refractivity contribution in [1.29, 1.82) is 0 Å². The molecule has 0 aliphatic carbocycles. The van der Waals surface area contributed by atoms with Gasteiger partial charge in [0.2, 0.25) is 0 Å². The Morgan fingerprint density at radius 1 is 0.610 bits per heavy atom. The van der Waals surface area contributed by atoms with Crippen molar-refractivity contribution in [3.05, 3.63) is 74.4 Å². The smallest absolute Gasteiger partial charge is 0.0690 e. The summed E-state index contributed by atoms with van der Waals surface area (Å²) in [6.45, 7) is 19.1. The summed E-state index contributed by atoms with van der Waals surface area (Å²) >= 11 is 0. The molecule has 4 nitrogen and oxygen atoms in total. The van der Waals surface area contributed by atoms with Crippen LogP contribution >= 0.6 is 0 Å². The Morgan fingerprint density at radius 2 is 1.12 bits per heavy atom. The largest absolute Gasteiger partial charge is 0.366 e. The molecular formula is C36H45N4Ni-. The van der Waals surface area contributed by atoms with Crippen LogP contribution in [0, 0.1) is 6.08 Å². The minimum absolute atomic E-state index is 0. The van der Waals surface area contributed by atoms with Gasteiger partial charge in [-0.15, -0.1) is 5.57 Å². The molecule has 5 rings (SSSR count). The van der Waals surface area contributed by atoms with Crippen molar-refractivity contribution in [2.24, 2.45) is 0 Å². The van der Waals surface area contributed by atoms with E-state index in [0.29, 0.717) is 0 Å². The van der Waals surface area contributed by atoms with Crippen LogP contribution in [0.15, 0.2) is 12.1 Å². The molecule has 0 unspecified atom stereocenters. The Hall–Kier alpha value is -2.91. The molecule has 3 aromatic rings. The number of H-pyrrole nitrogens is 1. The van der Waals surface area contributed by atoms with Gasteiger partial charge in [0.25, 0.3) is 0 Å². The number of nitrogens with zero attached hydrogens (tertiary/aromatic N) is 3. The summed E-state index contributed by atoms with van der Waals surface area (Å²) in [5.41, 5.74) is 18.6. The van der Waals surface area contributed by atoms with Crippen LogP contribution in [0.2, 0.25) is 0 Å². The number of aromatic nitrogens is 4. The molecule has 0 saturated heterocycles. The molecule has 2 aliphatic rings. The van der Waals surface area contributed by atoms with Gasteiger partial charge in [0.1, 0.15) is 0 Å². The maximum absolute atomic E-state index is 5.39. The first-order valence-electron chi connectivity index (χ1n) is 15.6. The average molecular weight is 592 g/mol. The van der Waals surface area contributed by atoms with E-state index in [2.05, 4.69) is 95.3 Å². The number of hydrogen-bond donors (Lipinski definition) is 1. The van der Waals surface area contributed by atoms with Crippen LogP contribution in [0.4, 0.5) is 0 Å². The first kappa shape index (κ1) is 31.0. The summed E-state index contributed by atoms with van der Waals surface area (Å²) in [5, 5.41) is 0. The maximum Gasteiger partial charge on any atom is 0.0690 e. The number of hydrogen-bond acceptors (Lipinski definition) is 2. The molecule has 2 aliphatic heterocycles. The van der Waals surface area contributed by atoms with Crippen molar-refractivity contribution in [3.63, 3.8) is 0 Å². The second-order valence-electron chi connectivity index (χ2n) is 10.7. The van der Waals surface area contributed by atoms with Gasteiger partial charge in [0, 0.05) is 45.2 Å². The Morgan fingerprint density at radius 3 is 1.63 bits per heavy atom. The predicted molar refractivity (Wildman–Crippen MR) is 172 cm³/mol. The third kappa shape index (κ3) is 5.05. The van der Waals surface area contributed by atoms with Gasteiger partial charge in [-0.05, 0) is 85.7 Å². The van der Waals surface area contributed by atoms with E-state index in [1.807, 2.05) is 0 Å². The molecule has 0 saturated carbocycles. The van der Waals surface area contributed by atoms with E-state index in [-0.39, 0.29) is 16.5 Å². The van der Waals surface area contributed by atoms with Crippen LogP contribution in [-0.2, 0) is 61.6 Å². The van der Waals surface area contributed by atoms with Crippen LogP contribution in [0.1, 0.15) is 118 Å². The van der Waals surface area contributed by atoms with Gasteiger partial charge in [-0.3, -0.25) is 0 Å². The minimum Gasteiger partial charge on any atom is -0.366 e. The van der Waals surface area contributed by atoms with E-state index < -0.39 is 0 Å². The molecule has 0 fully saturated rings. The fraction of sp³-hybridized carbons (Fsp3) is 0.444. The molecular weight excluding hydrogens is 547 g/mol. The van der Waals surface area contributed by atoms with Crippen molar-refractivity contribution >= 4 is 39.8 Å². The number of rotatable bonds is 8. The third-order valence-electron chi connectivity index (χ3n) is 8.78. The number of aromatic amines is 1. The zero-order valence-electron chi connectivity index (χ0n) is 26.1. The van der Waals surface area contributed by atoms with Crippen LogP contribution in [0.5, 0.6) is 0 Å². The molecule has 1 N–H and O–H groups in total. The van der Waals surface area contributed by atoms with Crippen LogP contribution in [-0.4, -0.2) is 19.5 Å². The normalized spacial score (nSPS) is 12.5. The Bertz CT molecular complexity index is 1680. The zero-order valence-corrected chi connectivity index (χ0v) is 27.1. The van der Waals surface area contributed by atoms with E-state index in [0.717, 1.165) is 85.3 Å². The second kappa shape index (κ2) is 12.9. The molecule has 0 radical (unpaired) electrons. The van der Waals surface area contributed by atoms with Crippen molar-refractivity contribution in [1.82, 2.24) is 19.5 Å². The molecule has 220 valence electrons. The van der Waals surface area contributed by atoms with Crippen molar-refractivity contribution in [3.8, 4) is 0 Å². The SMILES string of the molecule is CCC1=[C-]c2nc1c(CC)c1c(CC)c(CC)c(c(CC)c3nc(c(CC)c4ccc([nH]4)c2CC)C=C3)n1CC.[Ni]. The minimum atomic E-state index is 0. The topological polar surface area (TPSA) is 46.5 Å². The summed E-state index contributed by atoms with van der Waals surface area (Å²) in [7, 11) is 0. The van der Waals surface area contributed by atoms with Gasteiger partial charge < -0.3 is 14.5 Å². The van der Waals surface area contributed by atoms with Crippen molar-refractivity contribution < 1.29 is 16.5 Å². The standard InChI is InChI=1S/C36H45N4.Ni/c1-9-22-21-33-26(13-5)31-18-17-29(37-31)25(12-4)30-19-20-32(38-30)27(14-6)35-23(10-2)24(11-3)36(40(35)16-8)28(15-7)34(22)39-33;/h17-20,37H,9-16H2,1-8H3;/q-1;. The first-order valence-corrected chi connectivity index (χ1v) is 15.6. The Labute approximate surface area is 256 Å². The van der Waals surface area contributed by atoms with Crippen molar-refractivity contribution in [2.45, 2.75) is 107 Å². The molecule has 41 heavy (non-hydrogen) atoms. The zero-order chi connectivity index (χ0) is 28.6. The van der Waals surface area contributed by atoms with Crippen molar-refractivity contribution in [2.75, 3.05) is 0 Å². The monoisotopic (exact) mass is 591 g/mol. The van der Waals surface area contributed by atoms with E-state index >= 15 is 0 Å². The van der Waals surface area contributed by atoms with Crippen LogP contribution < -0.4 is 0 Å². The number of nitrogens with one attached hydrogen (secondary N) is 1. The Kier molecular flexibility index (Phi) is 9.80. The maximum atomic E-state index is 5.39. The number of fused-ring (bicyclic) bond motifs is 8. The van der Waals surface area contributed by atoms with E-state index in [1.165, 1.54) is 50.0 Å². The fourth-order valence-corrected chi connectivity index (χ4v) is 6.91. The van der Waals surface area contributed by atoms with Crippen LogP contribution in [0.25, 0.3) is 39.8 Å². The summed E-state index contributed by atoms with van der Waals surface area (Å²) in [6, 6.07) is 4.43. The van der Waals surface area contributed by atoms with Gasteiger partial charge in [-0.1, -0.05) is 78.1 Å². The summed E-state index contributed by atoms with van der Waals surface area (Å²) in [6.07, 6.45) is 14.8. The molecule has 0 atom stereocenters. The molecule has 3 aromatic heterocycles. The molecule has 5 heteroatoms. The van der Waals surface area contributed by atoms with Gasteiger partial charge in [-0.2, -0.15) is 6.08 Å². The second-order valence-corrected chi connectivity index (χ2v) is 10.7. The molecule has 5 heterocycles. The fourth-order valence-electron chi connectivity index (χ4n) is 6.91. The van der Waals surface area contributed by atoms with E-state index in [4.69, 9.17) is 9.97 Å². The first-order chi connectivity index (χ1) is 19.5. The average Bonchev–Trinajstić information content (AvgIpc) is 3.77. The van der Waals surface area contributed by atoms with Crippen LogP contribution in [0.3, 0.4) is 0 Å². The Balaban J connectivity index is 0.00000387. The predicted octanol–water partition coefficient (Wildman–Crippen LogP) is 9.00. The number of allylic oxidation sites excluding steroid dienone is 1. The molecule has 0 amide bonds. The van der Waals surface area contributed by atoms with Gasteiger partial charge >= 0.3 is 0 Å². The summed E-state index contributed by atoms with van der Waals surface area (Å²) in [4.78, 5) is 14.4. The van der Waals surface area contributed by atoms with E-state index in [1.54, 1.807) is 0 Å². The van der Waals surface area contributed by atoms with Gasteiger partial charge in [0.15, 0.2) is 0 Å².